The van der Waals surface area contributed by atoms with Crippen LogP contribution in [0.2, 0.25) is 0 Å². The van der Waals surface area contributed by atoms with E-state index in [4.69, 9.17) is 4.74 Å². The highest BCUT2D eigenvalue weighted by atomic mass is 32.1. The zero-order chi connectivity index (χ0) is 22.7. The summed E-state index contributed by atoms with van der Waals surface area (Å²) in [6.07, 6.45) is 6.22. The van der Waals surface area contributed by atoms with Crippen molar-refractivity contribution in [3.05, 3.63) is 46.8 Å². The summed E-state index contributed by atoms with van der Waals surface area (Å²) >= 11 is 1.67. The lowest BCUT2D eigenvalue weighted by Gasteiger charge is -2.17. The zero-order valence-electron chi connectivity index (χ0n) is 19.1. The van der Waals surface area contributed by atoms with Crippen molar-refractivity contribution in [3.8, 4) is 16.9 Å². The number of benzene rings is 2. The van der Waals surface area contributed by atoms with Gasteiger partial charge < -0.3 is 14.4 Å². The van der Waals surface area contributed by atoms with Crippen LogP contribution in [0.25, 0.3) is 21.3 Å². The smallest absolute Gasteiger partial charge is 0.306 e. The third kappa shape index (κ3) is 4.75. The molecule has 1 N–H and O–H groups in total. The second-order valence-corrected chi connectivity index (χ2v) is 9.80. The van der Waals surface area contributed by atoms with Crippen LogP contribution < -0.4 is 9.54 Å². The Morgan fingerprint density at radius 1 is 1.25 bits per heavy atom. The van der Waals surface area contributed by atoms with Crippen molar-refractivity contribution in [2.75, 3.05) is 13.7 Å². The Bertz CT molecular complexity index is 1170. The number of ether oxygens (including phenoxy) is 1. The number of thiazole rings is 1. The van der Waals surface area contributed by atoms with E-state index in [0.29, 0.717) is 18.8 Å². The first-order chi connectivity index (χ1) is 15.5. The summed E-state index contributed by atoms with van der Waals surface area (Å²) in [6.45, 7) is 2.67. The maximum Gasteiger partial charge on any atom is 0.306 e. The van der Waals surface area contributed by atoms with Gasteiger partial charge in [0.1, 0.15) is 5.75 Å². The van der Waals surface area contributed by atoms with Crippen molar-refractivity contribution in [2.45, 2.75) is 45.4 Å². The van der Waals surface area contributed by atoms with E-state index in [1.54, 1.807) is 11.3 Å². The minimum absolute atomic E-state index is 0.374. The lowest BCUT2D eigenvalue weighted by Crippen LogP contribution is -2.15. The van der Waals surface area contributed by atoms with E-state index in [-0.39, 0.29) is 5.92 Å². The van der Waals surface area contributed by atoms with E-state index >= 15 is 0 Å². The Labute approximate surface area is 193 Å². The first kappa shape index (κ1) is 22.6. The van der Waals surface area contributed by atoms with Crippen molar-refractivity contribution in [1.29, 1.82) is 0 Å². The van der Waals surface area contributed by atoms with Gasteiger partial charge in [0, 0.05) is 19.7 Å². The fourth-order valence-corrected chi connectivity index (χ4v) is 5.66. The molecule has 0 bridgehead atoms. The van der Waals surface area contributed by atoms with Gasteiger partial charge in [-0.25, -0.2) is 0 Å². The molecule has 0 saturated heterocycles. The number of carbonyl (C=O) groups is 1. The summed E-state index contributed by atoms with van der Waals surface area (Å²) in [7, 11) is 3.85. The summed E-state index contributed by atoms with van der Waals surface area (Å²) in [4.78, 5) is 16.9. The Morgan fingerprint density at radius 2 is 2.03 bits per heavy atom. The Balaban J connectivity index is 1.72. The molecule has 1 aliphatic carbocycles. The predicted octanol–water partition coefficient (Wildman–Crippen LogP) is 5.66. The van der Waals surface area contributed by atoms with Crippen LogP contribution in [0.5, 0.6) is 5.75 Å². The van der Waals surface area contributed by atoms with Crippen molar-refractivity contribution in [3.63, 3.8) is 0 Å². The quantitative estimate of drug-likeness (QED) is 0.480. The van der Waals surface area contributed by atoms with Gasteiger partial charge in [0.2, 0.25) is 0 Å². The van der Waals surface area contributed by atoms with Crippen LogP contribution in [0.15, 0.2) is 41.4 Å². The van der Waals surface area contributed by atoms with Crippen LogP contribution in [-0.2, 0) is 18.3 Å². The van der Waals surface area contributed by atoms with Gasteiger partial charge in [-0.05, 0) is 67.0 Å². The van der Waals surface area contributed by atoms with Gasteiger partial charge in [0.15, 0.2) is 4.80 Å². The SMILES string of the molecule is CCC(Cc1ccc(OCC2CCCC2)c(-c2ccc3c(c2)sc(=NC)n3C)c1)C(=O)O. The second-order valence-electron chi connectivity index (χ2n) is 8.79. The zero-order valence-corrected chi connectivity index (χ0v) is 20.0. The molecule has 1 heterocycles. The molecule has 2 aromatic carbocycles. The molecule has 4 rings (SSSR count). The number of fused-ring (bicyclic) bond motifs is 1. The van der Waals surface area contributed by atoms with E-state index < -0.39 is 5.97 Å². The minimum Gasteiger partial charge on any atom is -0.493 e. The van der Waals surface area contributed by atoms with Gasteiger partial charge in [-0.15, -0.1) is 0 Å². The van der Waals surface area contributed by atoms with Crippen molar-refractivity contribution < 1.29 is 14.6 Å². The summed E-state index contributed by atoms with van der Waals surface area (Å²) in [6, 6.07) is 12.6. The number of rotatable bonds is 8. The highest BCUT2D eigenvalue weighted by molar-refractivity contribution is 7.16. The minimum atomic E-state index is -0.737. The standard InChI is InChI=1S/C26H32N2O3S/c1-4-19(25(29)30)13-18-9-12-23(31-16-17-7-5-6-8-17)21(14-18)20-10-11-22-24(15-20)32-26(27-2)28(22)3/h9-12,14-15,17,19H,4-8,13,16H2,1-3H3,(H,29,30). The average molecular weight is 453 g/mol. The van der Waals surface area contributed by atoms with Gasteiger partial charge >= 0.3 is 5.97 Å². The third-order valence-corrected chi connectivity index (χ3v) is 7.81. The van der Waals surface area contributed by atoms with E-state index in [2.05, 4.69) is 33.8 Å². The average Bonchev–Trinajstić information content (AvgIpc) is 3.43. The molecule has 0 amide bonds. The molecule has 1 fully saturated rings. The molecule has 1 atom stereocenters. The van der Waals surface area contributed by atoms with Gasteiger partial charge in [-0.1, -0.05) is 43.2 Å². The molecule has 3 aromatic rings. The Kier molecular flexibility index (Phi) is 6.99. The molecule has 1 aromatic heterocycles. The van der Waals surface area contributed by atoms with E-state index in [9.17, 15) is 9.90 Å². The summed E-state index contributed by atoms with van der Waals surface area (Å²) in [5, 5.41) is 9.52. The third-order valence-electron chi connectivity index (χ3n) is 6.63. The molecule has 0 spiro atoms. The van der Waals surface area contributed by atoms with Crippen molar-refractivity contribution in [2.24, 2.45) is 23.9 Å². The van der Waals surface area contributed by atoms with Gasteiger partial charge in [0.05, 0.1) is 22.7 Å². The molecule has 6 heteroatoms. The number of carboxylic acids is 1. The van der Waals surface area contributed by atoms with Gasteiger partial charge in [-0.3, -0.25) is 9.79 Å². The molecule has 1 unspecified atom stereocenters. The molecule has 0 radical (unpaired) electrons. The first-order valence-electron chi connectivity index (χ1n) is 11.5. The second kappa shape index (κ2) is 9.90. The number of nitrogens with zero attached hydrogens (tertiary/aromatic N) is 2. The van der Waals surface area contributed by atoms with Crippen molar-refractivity contribution in [1.82, 2.24) is 4.57 Å². The van der Waals surface area contributed by atoms with Gasteiger partial charge in [0.25, 0.3) is 0 Å². The molecule has 1 saturated carbocycles. The van der Waals surface area contributed by atoms with E-state index in [0.717, 1.165) is 39.4 Å². The number of aliphatic carboxylic acids is 1. The van der Waals surface area contributed by atoms with Crippen LogP contribution in [0, 0.1) is 11.8 Å². The van der Waals surface area contributed by atoms with E-state index in [1.165, 1.54) is 30.4 Å². The highest BCUT2D eigenvalue weighted by Crippen LogP contribution is 2.35. The maximum absolute atomic E-state index is 11.6. The largest absolute Gasteiger partial charge is 0.493 e. The molecule has 32 heavy (non-hydrogen) atoms. The normalized spacial score (nSPS) is 16.0. The number of hydrogen-bond donors (Lipinski definition) is 1. The van der Waals surface area contributed by atoms with Crippen LogP contribution in [0.4, 0.5) is 0 Å². The highest BCUT2D eigenvalue weighted by Gasteiger charge is 2.19. The molecule has 0 aliphatic heterocycles. The van der Waals surface area contributed by atoms with Gasteiger partial charge in [-0.2, -0.15) is 0 Å². The monoisotopic (exact) mass is 452 g/mol. The Morgan fingerprint density at radius 3 is 2.72 bits per heavy atom. The summed E-state index contributed by atoms with van der Waals surface area (Å²) < 4.78 is 9.62. The molecular weight excluding hydrogens is 420 g/mol. The first-order valence-corrected chi connectivity index (χ1v) is 12.3. The topological polar surface area (TPSA) is 63.8 Å². The molecule has 170 valence electrons. The molecule has 1 aliphatic rings. The number of hydrogen-bond acceptors (Lipinski definition) is 4. The van der Waals surface area contributed by atoms with E-state index in [1.807, 2.05) is 33.2 Å². The number of carboxylic acid groups (broad SMARTS) is 1. The molecule has 5 nitrogen and oxygen atoms in total. The van der Waals surface area contributed by atoms with Crippen LogP contribution in [0.1, 0.15) is 44.6 Å². The summed E-state index contributed by atoms with van der Waals surface area (Å²) in [5.41, 5.74) is 4.31. The van der Waals surface area contributed by atoms with Crippen LogP contribution in [0.3, 0.4) is 0 Å². The lowest BCUT2D eigenvalue weighted by molar-refractivity contribution is -0.141. The number of aryl methyl sites for hydroxylation is 1. The lowest BCUT2D eigenvalue weighted by atomic mass is 9.94. The molecular formula is C26H32N2O3S. The van der Waals surface area contributed by atoms with Crippen molar-refractivity contribution >= 4 is 27.5 Å². The Hall–Kier alpha value is -2.60. The fraction of sp³-hybridized carbons (Fsp3) is 0.462. The number of aromatic nitrogens is 1. The van der Waals surface area contributed by atoms with Crippen LogP contribution >= 0.6 is 11.3 Å². The summed E-state index contributed by atoms with van der Waals surface area (Å²) in [5.74, 6) is 0.399. The van der Waals surface area contributed by atoms with Crippen LogP contribution in [-0.4, -0.2) is 29.3 Å². The fourth-order valence-electron chi connectivity index (χ4n) is 4.64. The predicted molar refractivity (Wildman–Crippen MR) is 130 cm³/mol. The maximum atomic E-state index is 11.6.